The van der Waals surface area contributed by atoms with Gasteiger partial charge in [0.25, 0.3) is 0 Å². The van der Waals surface area contributed by atoms with Crippen molar-refractivity contribution in [1.82, 2.24) is 0 Å². The Hall–Kier alpha value is -0.440. The standard InChI is InChI=1S/C7H7BrO2/c1-4-2-9-6-5(4)3-10-7(6)8/h3-4H,2H2,1H3. The number of rotatable bonds is 0. The summed E-state index contributed by atoms with van der Waals surface area (Å²) in [4.78, 5) is 0. The van der Waals surface area contributed by atoms with Gasteiger partial charge in [0, 0.05) is 11.5 Å². The Balaban J connectivity index is 2.53. The lowest BCUT2D eigenvalue weighted by molar-refractivity contribution is 0.322. The van der Waals surface area contributed by atoms with E-state index >= 15 is 0 Å². The van der Waals surface area contributed by atoms with Crippen LogP contribution in [0.1, 0.15) is 18.4 Å². The summed E-state index contributed by atoms with van der Waals surface area (Å²) in [5.41, 5.74) is 1.17. The van der Waals surface area contributed by atoms with Crippen LogP contribution in [0.4, 0.5) is 0 Å². The van der Waals surface area contributed by atoms with Crippen molar-refractivity contribution in [1.29, 1.82) is 0 Å². The van der Waals surface area contributed by atoms with Gasteiger partial charge in [0.2, 0.25) is 4.67 Å². The van der Waals surface area contributed by atoms with Gasteiger partial charge in [-0.2, -0.15) is 0 Å². The summed E-state index contributed by atoms with van der Waals surface area (Å²) < 4.78 is 11.2. The summed E-state index contributed by atoms with van der Waals surface area (Å²) in [7, 11) is 0. The van der Waals surface area contributed by atoms with Crippen LogP contribution in [0.15, 0.2) is 15.3 Å². The van der Waals surface area contributed by atoms with Gasteiger partial charge in [-0.25, -0.2) is 0 Å². The summed E-state index contributed by atoms with van der Waals surface area (Å²) in [5, 5.41) is 0. The Kier molecular flexibility index (Phi) is 1.27. The predicted molar refractivity (Wildman–Crippen MR) is 40.3 cm³/mol. The molecular weight excluding hydrogens is 196 g/mol. The molecule has 0 saturated carbocycles. The molecule has 10 heavy (non-hydrogen) atoms. The van der Waals surface area contributed by atoms with Crippen LogP contribution in [0.5, 0.6) is 5.75 Å². The molecule has 0 saturated heterocycles. The highest BCUT2D eigenvalue weighted by Gasteiger charge is 2.25. The van der Waals surface area contributed by atoms with E-state index in [1.807, 2.05) is 0 Å². The van der Waals surface area contributed by atoms with Crippen molar-refractivity contribution < 1.29 is 9.15 Å². The van der Waals surface area contributed by atoms with Crippen molar-refractivity contribution in [3.63, 3.8) is 0 Å². The molecule has 1 aromatic heterocycles. The molecular formula is C7H7BrO2. The normalized spacial score (nSPS) is 22.4. The molecule has 0 aliphatic carbocycles. The molecule has 0 aromatic carbocycles. The Morgan fingerprint density at radius 3 is 3.20 bits per heavy atom. The molecule has 2 nitrogen and oxygen atoms in total. The molecule has 0 bridgehead atoms. The number of furan rings is 1. The van der Waals surface area contributed by atoms with Crippen LogP contribution in [-0.4, -0.2) is 6.61 Å². The van der Waals surface area contributed by atoms with Gasteiger partial charge < -0.3 is 9.15 Å². The van der Waals surface area contributed by atoms with Crippen molar-refractivity contribution in [3.8, 4) is 5.75 Å². The molecule has 2 heterocycles. The van der Waals surface area contributed by atoms with Crippen molar-refractivity contribution in [3.05, 3.63) is 16.5 Å². The molecule has 1 aliphatic rings. The van der Waals surface area contributed by atoms with Crippen LogP contribution in [-0.2, 0) is 0 Å². The average Bonchev–Trinajstić information content (AvgIpc) is 2.41. The van der Waals surface area contributed by atoms with Gasteiger partial charge >= 0.3 is 0 Å². The zero-order chi connectivity index (χ0) is 7.14. The lowest BCUT2D eigenvalue weighted by Gasteiger charge is -1.94. The highest BCUT2D eigenvalue weighted by molar-refractivity contribution is 9.10. The van der Waals surface area contributed by atoms with Crippen LogP contribution >= 0.6 is 15.9 Å². The van der Waals surface area contributed by atoms with E-state index in [2.05, 4.69) is 22.9 Å². The lowest BCUT2D eigenvalue weighted by atomic mass is 10.1. The van der Waals surface area contributed by atoms with Gasteiger partial charge in [-0.15, -0.1) is 0 Å². The van der Waals surface area contributed by atoms with Crippen LogP contribution in [0, 0.1) is 0 Å². The molecule has 1 aromatic rings. The van der Waals surface area contributed by atoms with Crippen molar-refractivity contribution in [2.24, 2.45) is 0 Å². The smallest absolute Gasteiger partial charge is 0.211 e. The van der Waals surface area contributed by atoms with E-state index in [1.165, 1.54) is 5.56 Å². The van der Waals surface area contributed by atoms with Crippen LogP contribution < -0.4 is 4.74 Å². The third-order valence-corrected chi connectivity index (χ3v) is 2.29. The van der Waals surface area contributed by atoms with Crippen LogP contribution in [0.2, 0.25) is 0 Å². The fourth-order valence-electron chi connectivity index (χ4n) is 1.11. The second-order valence-corrected chi connectivity index (χ2v) is 3.23. The summed E-state index contributed by atoms with van der Waals surface area (Å²) in [5.74, 6) is 1.36. The molecule has 1 unspecified atom stereocenters. The maximum Gasteiger partial charge on any atom is 0.211 e. The van der Waals surface area contributed by atoms with E-state index in [9.17, 15) is 0 Å². The van der Waals surface area contributed by atoms with Crippen molar-refractivity contribution in [2.75, 3.05) is 6.61 Å². The molecule has 1 atom stereocenters. The summed E-state index contributed by atoms with van der Waals surface area (Å²) in [6.45, 7) is 2.90. The molecule has 0 amide bonds. The highest BCUT2D eigenvalue weighted by atomic mass is 79.9. The fourth-order valence-corrected chi connectivity index (χ4v) is 1.55. The SMILES string of the molecule is CC1COc2c1coc2Br. The third kappa shape index (κ3) is 0.700. The van der Waals surface area contributed by atoms with E-state index in [-0.39, 0.29) is 0 Å². The average molecular weight is 203 g/mol. The summed E-state index contributed by atoms with van der Waals surface area (Å²) in [6, 6.07) is 0. The Labute approximate surface area is 67.3 Å². The number of hydrogen-bond acceptors (Lipinski definition) is 2. The third-order valence-electron chi connectivity index (χ3n) is 1.74. The number of hydrogen-bond donors (Lipinski definition) is 0. The largest absolute Gasteiger partial charge is 0.488 e. The first-order valence-corrected chi connectivity index (χ1v) is 3.98. The first kappa shape index (κ1) is 6.28. The minimum Gasteiger partial charge on any atom is -0.488 e. The van der Waals surface area contributed by atoms with Gasteiger partial charge in [0.1, 0.15) is 0 Å². The topological polar surface area (TPSA) is 22.4 Å². The van der Waals surface area contributed by atoms with E-state index in [4.69, 9.17) is 9.15 Å². The Morgan fingerprint density at radius 1 is 1.70 bits per heavy atom. The maximum absolute atomic E-state index is 5.34. The number of ether oxygens (including phenoxy) is 1. The zero-order valence-electron chi connectivity index (χ0n) is 5.56. The first-order chi connectivity index (χ1) is 4.79. The number of fused-ring (bicyclic) bond motifs is 1. The first-order valence-electron chi connectivity index (χ1n) is 3.18. The van der Waals surface area contributed by atoms with E-state index in [0.717, 1.165) is 12.4 Å². The fraction of sp³-hybridized carbons (Fsp3) is 0.429. The molecule has 0 radical (unpaired) electrons. The van der Waals surface area contributed by atoms with Gasteiger partial charge in [0.15, 0.2) is 5.75 Å². The molecule has 2 rings (SSSR count). The van der Waals surface area contributed by atoms with Gasteiger partial charge in [0.05, 0.1) is 12.9 Å². The molecule has 1 aliphatic heterocycles. The second kappa shape index (κ2) is 2.02. The minimum absolute atomic E-state index is 0.477. The van der Waals surface area contributed by atoms with Crippen molar-refractivity contribution >= 4 is 15.9 Å². The highest BCUT2D eigenvalue weighted by Crippen LogP contribution is 2.40. The maximum atomic E-state index is 5.34. The summed E-state index contributed by atoms with van der Waals surface area (Å²) >= 11 is 3.25. The van der Waals surface area contributed by atoms with Crippen molar-refractivity contribution in [2.45, 2.75) is 12.8 Å². The Morgan fingerprint density at radius 2 is 2.50 bits per heavy atom. The van der Waals surface area contributed by atoms with Gasteiger partial charge in [-0.1, -0.05) is 6.92 Å². The second-order valence-electron chi connectivity index (χ2n) is 2.51. The van der Waals surface area contributed by atoms with Crippen LogP contribution in [0.3, 0.4) is 0 Å². The van der Waals surface area contributed by atoms with Crippen LogP contribution in [0.25, 0.3) is 0 Å². The van der Waals surface area contributed by atoms with E-state index < -0.39 is 0 Å². The molecule has 0 N–H and O–H groups in total. The molecule has 0 spiro atoms. The minimum atomic E-state index is 0.477. The zero-order valence-corrected chi connectivity index (χ0v) is 7.14. The quantitative estimate of drug-likeness (QED) is 0.646. The van der Waals surface area contributed by atoms with E-state index in [0.29, 0.717) is 10.6 Å². The van der Waals surface area contributed by atoms with E-state index in [1.54, 1.807) is 6.26 Å². The summed E-state index contributed by atoms with van der Waals surface area (Å²) in [6.07, 6.45) is 1.75. The number of halogens is 1. The van der Waals surface area contributed by atoms with Gasteiger partial charge in [-0.05, 0) is 15.9 Å². The molecule has 0 fully saturated rings. The monoisotopic (exact) mass is 202 g/mol. The Bertz CT molecular complexity index is 254. The lowest BCUT2D eigenvalue weighted by Crippen LogP contribution is -1.94. The molecule has 54 valence electrons. The predicted octanol–water partition coefficient (Wildman–Crippen LogP) is 2.54. The van der Waals surface area contributed by atoms with Gasteiger partial charge in [-0.3, -0.25) is 0 Å². The molecule has 3 heteroatoms.